The Morgan fingerprint density at radius 2 is 0.261 bits per heavy atom. The van der Waals surface area contributed by atoms with Gasteiger partial charge in [-0.15, -0.1) is 21.9 Å². The molecule has 0 aliphatic carbocycles. The van der Waals surface area contributed by atoms with Gasteiger partial charge in [-0.2, -0.15) is 0 Å². The summed E-state index contributed by atoms with van der Waals surface area (Å²) in [6.45, 7) is 0. The minimum absolute atomic E-state index is 0. The second-order valence-corrected chi connectivity index (χ2v) is 8.80. The van der Waals surface area contributed by atoms with Crippen LogP contribution in [0.25, 0.3) is 0 Å². The molecule has 0 atom stereocenters. The fourth-order valence-electron chi connectivity index (χ4n) is 4.87. The summed E-state index contributed by atoms with van der Waals surface area (Å²) in [5, 5.41) is 0. The molecule has 0 bridgehead atoms. The van der Waals surface area contributed by atoms with Crippen molar-refractivity contribution in [3.8, 4) is 0 Å². The molecule has 0 saturated heterocycles. The summed E-state index contributed by atoms with van der Waals surface area (Å²) in [5.74, 6) is -71.4. The molecule has 0 aliphatic heterocycles. The first-order valence-electron chi connectivity index (χ1n) is 10.9. The molecular formula is C24HBF20K-. The van der Waals surface area contributed by atoms with E-state index in [9.17, 15) is 52.7 Å². The van der Waals surface area contributed by atoms with Crippen molar-refractivity contribution in [3.05, 3.63) is 116 Å². The quantitative estimate of drug-likeness (QED) is 0.118. The summed E-state index contributed by atoms with van der Waals surface area (Å²) in [7, 11) is 0. The standard InChI is InChI=1S/C24BF20.K.H/c26-5-1(6(27)14(35)21(42)13(5)34)25(2-7(28)15(36)22(43)16(37)8(2)29,3-9(30)17(38)23(44)18(39)10(3)31)4-11(32)19(40)24(45)20(41)12(4)33;;/q-1;;. The zero-order valence-corrected chi connectivity index (χ0v) is 20.1. The zero-order valence-electron chi connectivity index (χ0n) is 20.1. The Balaban J connectivity index is 0.00000576. The van der Waals surface area contributed by atoms with Gasteiger partial charge in [-0.3, -0.25) is 0 Å². The molecule has 0 aliphatic rings. The molecule has 0 N–H and O–H groups in total. The summed E-state index contributed by atoms with van der Waals surface area (Å²) in [4.78, 5) is 0. The molecule has 0 fully saturated rings. The van der Waals surface area contributed by atoms with Crippen LogP contribution in [0.1, 0.15) is 0 Å². The van der Waals surface area contributed by atoms with Crippen molar-refractivity contribution in [2.75, 3.05) is 0 Å². The van der Waals surface area contributed by atoms with Gasteiger partial charge in [0, 0.05) is 0 Å². The SMILES string of the molecule is Fc1c(F)c(F)c([B-](c2c(F)c(F)c(F)c(F)c2F)(c2c(F)c(F)c(F)c(F)c2F)c2c(F)c(F)c(F)c(F)c2F)c(F)c1F.[KH]. The topological polar surface area (TPSA) is 0 Å². The Morgan fingerprint density at radius 3 is 0.370 bits per heavy atom. The molecule has 0 unspecified atom stereocenters. The van der Waals surface area contributed by atoms with Crippen LogP contribution in [0.15, 0.2) is 0 Å². The van der Waals surface area contributed by atoms with Crippen LogP contribution in [0, 0.1) is 116 Å². The number of hydrogen-bond donors (Lipinski definition) is 0. The van der Waals surface area contributed by atoms with Gasteiger partial charge in [0.1, 0.15) is 52.7 Å². The summed E-state index contributed by atoms with van der Waals surface area (Å²) in [6.07, 6.45) is -7.22. The van der Waals surface area contributed by atoms with E-state index in [2.05, 4.69) is 0 Å². The first-order valence-corrected chi connectivity index (χ1v) is 10.9. The third-order valence-electron chi connectivity index (χ3n) is 6.71. The number of halogens is 20. The van der Waals surface area contributed by atoms with E-state index in [0.717, 1.165) is 0 Å². The van der Waals surface area contributed by atoms with Crippen LogP contribution in [0.4, 0.5) is 87.8 Å². The van der Waals surface area contributed by atoms with Crippen LogP contribution in [-0.4, -0.2) is 57.5 Å². The summed E-state index contributed by atoms with van der Waals surface area (Å²) < 4.78 is 294. The molecule has 0 radical (unpaired) electrons. The molecule has 242 valence electrons. The molecule has 0 heterocycles. The molecule has 4 aromatic rings. The molecule has 0 saturated carbocycles. The van der Waals surface area contributed by atoms with E-state index in [4.69, 9.17) is 0 Å². The molecule has 0 nitrogen and oxygen atoms in total. The molecule has 0 spiro atoms. The van der Waals surface area contributed by atoms with E-state index in [0.29, 0.717) is 0 Å². The summed E-state index contributed by atoms with van der Waals surface area (Å²) in [5.41, 5.74) is -14.3. The van der Waals surface area contributed by atoms with E-state index >= 15 is 35.1 Å². The van der Waals surface area contributed by atoms with E-state index in [-0.39, 0.29) is 51.4 Å². The predicted octanol–water partition coefficient (Wildman–Crippen LogP) is 5.20. The first-order chi connectivity index (χ1) is 20.7. The van der Waals surface area contributed by atoms with Crippen LogP contribution < -0.4 is 21.9 Å². The van der Waals surface area contributed by atoms with Crippen molar-refractivity contribution in [2.45, 2.75) is 0 Å². The normalized spacial score (nSPS) is 11.7. The van der Waals surface area contributed by atoms with Gasteiger partial charge in [-0.1, -0.05) is 0 Å². The Hall–Kier alpha value is -2.82. The van der Waals surface area contributed by atoms with Crippen molar-refractivity contribution in [2.24, 2.45) is 0 Å². The third-order valence-corrected chi connectivity index (χ3v) is 6.71. The molecule has 4 rings (SSSR count). The summed E-state index contributed by atoms with van der Waals surface area (Å²) in [6, 6.07) is 0. The molecule has 4 aromatic carbocycles. The average molecular weight is 719 g/mol. The first kappa shape index (κ1) is 37.6. The van der Waals surface area contributed by atoms with Gasteiger partial charge in [0.15, 0.2) is 69.8 Å². The van der Waals surface area contributed by atoms with E-state index in [1.54, 1.807) is 0 Å². The number of benzene rings is 4. The van der Waals surface area contributed by atoms with Crippen LogP contribution >= 0.6 is 0 Å². The zero-order chi connectivity index (χ0) is 34.4. The fourth-order valence-corrected chi connectivity index (χ4v) is 4.87. The Morgan fingerprint density at radius 1 is 0.174 bits per heavy atom. The van der Waals surface area contributed by atoms with Crippen molar-refractivity contribution in [1.82, 2.24) is 0 Å². The Bertz CT molecular complexity index is 1580. The fraction of sp³-hybridized carbons (Fsp3) is 0. The van der Waals surface area contributed by atoms with Gasteiger partial charge in [0.05, 0.1) is 0 Å². The van der Waals surface area contributed by atoms with Crippen molar-refractivity contribution in [3.63, 3.8) is 0 Å². The van der Waals surface area contributed by atoms with Crippen molar-refractivity contribution < 1.29 is 87.8 Å². The number of hydrogen-bond acceptors (Lipinski definition) is 0. The minimum atomic E-state index is -7.22. The molecule has 46 heavy (non-hydrogen) atoms. The van der Waals surface area contributed by atoms with Crippen LogP contribution in [0.5, 0.6) is 0 Å². The van der Waals surface area contributed by atoms with Crippen LogP contribution in [0.3, 0.4) is 0 Å². The maximum absolute atomic E-state index is 15.4. The van der Waals surface area contributed by atoms with Gasteiger partial charge in [-0.05, 0) is 0 Å². The average Bonchev–Trinajstić information content (AvgIpc) is 3.00. The second-order valence-electron chi connectivity index (χ2n) is 8.80. The van der Waals surface area contributed by atoms with Gasteiger partial charge < -0.3 is 0 Å². The van der Waals surface area contributed by atoms with E-state index < -0.39 is 144 Å². The van der Waals surface area contributed by atoms with Crippen molar-refractivity contribution >= 4 is 79.4 Å². The molecule has 22 heteroatoms. The van der Waals surface area contributed by atoms with Crippen LogP contribution in [0.2, 0.25) is 0 Å². The number of rotatable bonds is 4. The molecule has 0 aromatic heterocycles. The van der Waals surface area contributed by atoms with Gasteiger partial charge in [0.25, 0.3) is 0 Å². The molecular weight excluding hydrogens is 718 g/mol. The van der Waals surface area contributed by atoms with Gasteiger partial charge >= 0.3 is 51.4 Å². The van der Waals surface area contributed by atoms with E-state index in [1.807, 2.05) is 0 Å². The van der Waals surface area contributed by atoms with Gasteiger partial charge in [0.2, 0.25) is 0 Å². The van der Waals surface area contributed by atoms with E-state index in [1.165, 1.54) is 0 Å². The van der Waals surface area contributed by atoms with Gasteiger partial charge in [-0.25, -0.2) is 87.8 Å². The Kier molecular flexibility index (Phi) is 10.4. The van der Waals surface area contributed by atoms with Crippen molar-refractivity contribution in [1.29, 1.82) is 0 Å². The second kappa shape index (κ2) is 12.7. The molecule has 0 amide bonds. The predicted molar refractivity (Wildman–Crippen MR) is 116 cm³/mol. The monoisotopic (exact) mass is 719 g/mol. The maximum atomic E-state index is 15.4. The third kappa shape index (κ3) is 4.84. The van der Waals surface area contributed by atoms with Crippen LogP contribution in [-0.2, 0) is 0 Å². The Labute approximate surface area is 281 Å². The summed E-state index contributed by atoms with van der Waals surface area (Å²) >= 11 is 0.